The van der Waals surface area contributed by atoms with Crippen molar-refractivity contribution in [2.75, 3.05) is 32.8 Å². The van der Waals surface area contributed by atoms with Crippen molar-refractivity contribution in [3.8, 4) is 5.75 Å². The fraction of sp³-hybridized carbons (Fsp3) is 0.500. The van der Waals surface area contributed by atoms with E-state index in [2.05, 4.69) is 26.1 Å². The molecule has 1 fully saturated rings. The number of ether oxygens (including phenoxy) is 1. The van der Waals surface area contributed by atoms with Crippen LogP contribution in [-0.2, 0) is 4.74 Å². The van der Waals surface area contributed by atoms with Gasteiger partial charge in [0, 0.05) is 30.1 Å². The highest BCUT2D eigenvalue weighted by Crippen LogP contribution is 2.22. The maximum atomic E-state index is 12.1. The third-order valence-corrected chi connectivity index (χ3v) is 3.71. The molecule has 5 nitrogen and oxygen atoms in total. The fourth-order valence-electron chi connectivity index (χ4n) is 2.22. The first-order valence-corrected chi connectivity index (χ1v) is 7.45. The molecular weight excluding hydrogens is 324 g/mol. The molecule has 2 rings (SSSR count). The van der Waals surface area contributed by atoms with Crippen molar-refractivity contribution in [1.29, 1.82) is 0 Å². The van der Waals surface area contributed by atoms with Gasteiger partial charge < -0.3 is 15.2 Å². The molecule has 2 N–H and O–H groups in total. The number of nitrogens with zero attached hydrogens (tertiary/aromatic N) is 1. The fourth-order valence-corrected chi connectivity index (χ4v) is 2.56. The van der Waals surface area contributed by atoms with E-state index < -0.39 is 0 Å². The number of phenolic OH excluding ortho intramolecular Hbond substituents is 1. The summed E-state index contributed by atoms with van der Waals surface area (Å²) in [5.41, 5.74) is 0.294. The second kappa shape index (κ2) is 7.06. The number of nitrogens with one attached hydrogen (secondary N) is 1. The Morgan fingerprint density at radius 3 is 2.85 bits per heavy atom. The van der Waals surface area contributed by atoms with Gasteiger partial charge in [0.15, 0.2) is 0 Å². The van der Waals surface area contributed by atoms with Crippen LogP contribution in [0.4, 0.5) is 0 Å². The second-order valence-electron chi connectivity index (χ2n) is 4.95. The number of halogens is 1. The summed E-state index contributed by atoms with van der Waals surface area (Å²) in [6.45, 7) is 6.02. The van der Waals surface area contributed by atoms with Crippen LogP contribution in [0.3, 0.4) is 0 Å². The molecule has 1 saturated heterocycles. The molecule has 0 spiro atoms. The summed E-state index contributed by atoms with van der Waals surface area (Å²) in [4.78, 5) is 14.4. The molecule has 1 aliphatic heterocycles. The van der Waals surface area contributed by atoms with E-state index >= 15 is 0 Å². The topological polar surface area (TPSA) is 61.8 Å². The largest absolute Gasteiger partial charge is 0.507 e. The average Bonchev–Trinajstić information content (AvgIpc) is 2.39. The lowest BCUT2D eigenvalue weighted by molar-refractivity contribution is 0.0342. The first kappa shape index (κ1) is 15.3. The van der Waals surface area contributed by atoms with Crippen LogP contribution in [0.2, 0.25) is 0 Å². The van der Waals surface area contributed by atoms with Gasteiger partial charge in [0.1, 0.15) is 5.75 Å². The van der Waals surface area contributed by atoms with Gasteiger partial charge in [-0.25, -0.2) is 0 Å². The third kappa shape index (κ3) is 4.19. The van der Waals surface area contributed by atoms with Gasteiger partial charge in [-0.2, -0.15) is 0 Å². The van der Waals surface area contributed by atoms with Crippen molar-refractivity contribution in [2.24, 2.45) is 0 Å². The maximum absolute atomic E-state index is 12.1. The standard InChI is InChI=1S/C14H19BrN2O3/c1-10(9-17-4-6-20-7-5-17)16-14(19)12-3-2-11(15)8-13(12)18/h2-3,8,10,18H,4-7,9H2,1H3,(H,16,19). The highest BCUT2D eigenvalue weighted by atomic mass is 79.9. The molecule has 1 aliphatic rings. The van der Waals surface area contributed by atoms with Gasteiger partial charge in [0.05, 0.1) is 18.8 Å². The molecule has 1 amide bonds. The normalized spacial score (nSPS) is 17.7. The predicted molar refractivity (Wildman–Crippen MR) is 80.0 cm³/mol. The lowest BCUT2D eigenvalue weighted by Gasteiger charge is -2.29. The van der Waals surface area contributed by atoms with Gasteiger partial charge in [-0.1, -0.05) is 15.9 Å². The van der Waals surface area contributed by atoms with E-state index in [1.165, 1.54) is 6.07 Å². The first-order chi connectivity index (χ1) is 9.56. The predicted octanol–water partition coefficient (Wildman–Crippen LogP) is 1.61. The number of rotatable bonds is 4. The zero-order valence-electron chi connectivity index (χ0n) is 11.4. The maximum Gasteiger partial charge on any atom is 0.255 e. The summed E-state index contributed by atoms with van der Waals surface area (Å²) in [7, 11) is 0. The third-order valence-electron chi connectivity index (χ3n) is 3.22. The monoisotopic (exact) mass is 342 g/mol. The lowest BCUT2D eigenvalue weighted by Crippen LogP contribution is -2.46. The number of benzene rings is 1. The summed E-state index contributed by atoms with van der Waals surface area (Å²) < 4.78 is 6.04. The Morgan fingerprint density at radius 1 is 1.50 bits per heavy atom. The Morgan fingerprint density at radius 2 is 2.20 bits per heavy atom. The molecule has 1 atom stereocenters. The van der Waals surface area contributed by atoms with E-state index in [9.17, 15) is 9.90 Å². The number of carbonyl (C=O) groups is 1. The summed E-state index contributed by atoms with van der Waals surface area (Å²) in [5, 5.41) is 12.7. The lowest BCUT2D eigenvalue weighted by atomic mass is 10.1. The van der Waals surface area contributed by atoms with E-state index in [1.54, 1.807) is 12.1 Å². The minimum absolute atomic E-state index is 0.0173. The van der Waals surface area contributed by atoms with E-state index in [1.807, 2.05) is 6.92 Å². The van der Waals surface area contributed by atoms with Crippen LogP contribution in [0.1, 0.15) is 17.3 Å². The zero-order valence-corrected chi connectivity index (χ0v) is 13.0. The minimum Gasteiger partial charge on any atom is -0.507 e. The Kier molecular flexibility index (Phi) is 5.39. The summed E-state index contributed by atoms with van der Waals surface area (Å²) >= 11 is 3.25. The van der Waals surface area contributed by atoms with Crippen molar-refractivity contribution in [2.45, 2.75) is 13.0 Å². The number of phenols is 1. The van der Waals surface area contributed by atoms with E-state index in [-0.39, 0.29) is 17.7 Å². The number of aromatic hydroxyl groups is 1. The van der Waals surface area contributed by atoms with Crippen LogP contribution in [0.15, 0.2) is 22.7 Å². The minimum atomic E-state index is -0.254. The molecule has 1 unspecified atom stereocenters. The van der Waals surface area contributed by atoms with Crippen LogP contribution in [-0.4, -0.2) is 54.8 Å². The Bertz CT molecular complexity index is 475. The number of carbonyl (C=O) groups excluding carboxylic acids is 1. The molecule has 0 radical (unpaired) electrons. The quantitative estimate of drug-likeness (QED) is 0.872. The zero-order chi connectivity index (χ0) is 14.5. The van der Waals surface area contributed by atoms with Crippen molar-refractivity contribution in [3.05, 3.63) is 28.2 Å². The van der Waals surface area contributed by atoms with Gasteiger partial charge in [-0.3, -0.25) is 9.69 Å². The molecule has 1 heterocycles. The van der Waals surface area contributed by atoms with Crippen molar-refractivity contribution < 1.29 is 14.6 Å². The molecule has 0 saturated carbocycles. The van der Waals surface area contributed by atoms with E-state index in [0.29, 0.717) is 5.56 Å². The highest BCUT2D eigenvalue weighted by Gasteiger charge is 2.17. The number of hydrogen-bond acceptors (Lipinski definition) is 4. The SMILES string of the molecule is CC(CN1CCOCC1)NC(=O)c1ccc(Br)cc1O. The molecule has 0 aliphatic carbocycles. The summed E-state index contributed by atoms with van der Waals surface area (Å²) in [6.07, 6.45) is 0. The van der Waals surface area contributed by atoms with Gasteiger partial charge in [0.25, 0.3) is 5.91 Å². The molecule has 0 bridgehead atoms. The average molecular weight is 343 g/mol. The highest BCUT2D eigenvalue weighted by molar-refractivity contribution is 9.10. The van der Waals surface area contributed by atoms with Crippen molar-refractivity contribution in [3.63, 3.8) is 0 Å². The van der Waals surface area contributed by atoms with Crippen molar-refractivity contribution in [1.82, 2.24) is 10.2 Å². The van der Waals surface area contributed by atoms with Crippen LogP contribution < -0.4 is 5.32 Å². The molecular formula is C14H19BrN2O3. The summed E-state index contributed by atoms with van der Waals surface area (Å²) in [6, 6.07) is 4.88. The van der Waals surface area contributed by atoms with Gasteiger partial charge in [0.2, 0.25) is 0 Å². The van der Waals surface area contributed by atoms with Crippen LogP contribution in [0, 0.1) is 0 Å². The first-order valence-electron chi connectivity index (χ1n) is 6.66. The summed E-state index contributed by atoms with van der Waals surface area (Å²) in [5.74, 6) is -0.272. The van der Waals surface area contributed by atoms with Gasteiger partial charge in [-0.05, 0) is 25.1 Å². The number of hydrogen-bond donors (Lipinski definition) is 2. The number of morpholine rings is 1. The number of amides is 1. The second-order valence-corrected chi connectivity index (χ2v) is 5.86. The van der Waals surface area contributed by atoms with Crippen molar-refractivity contribution >= 4 is 21.8 Å². The van der Waals surface area contributed by atoms with E-state index in [4.69, 9.17) is 4.74 Å². The molecule has 1 aromatic carbocycles. The Labute approximate surface area is 127 Å². The molecule has 20 heavy (non-hydrogen) atoms. The van der Waals surface area contributed by atoms with Crippen LogP contribution >= 0.6 is 15.9 Å². The Hall–Kier alpha value is -1.11. The smallest absolute Gasteiger partial charge is 0.255 e. The molecule has 6 heteroatoms. The Balaban J connectivity index is 1.89. The molecule has 110 valence electrons. The van der Waals surface area contributed by atoms with Crippen LogP contribution in [0.5, 0.6) is 5.75 Å². The molecule has 0 aromatic heterocycles. The van der Waals surface area contributed by atoms with Crippen LogP contribution in [0.25, 0.3) is 0 Å². The molecule has 1 aromatic rings. The van der Waals surface area contributed by atoms with Gasteiger partial charge in [-0.15, -0.1) is 0 Å². The van der Waals surface area contributed by atoms with Gasteiger partial charge >= 0.3 is 0 Å². The van der Waals surface area contributed by atoms with E-state index in [0.717, 1.165) is 37.3 Å².